The molecule has 0 atom stereocenters. The Morgan fingerprint density at radius 1 is 1.42 bits per heavy atom. The number of hydrogen-bond donors (Lipinski definition) is 1. The number of amides is 1. The van der Waals surface area contributed by atoms with Crippen LogP contribution in [0.3, 0.4) is 0 Å². The minimum atomic E-state index is -0.385. The molecule has 2 aliphatic rings. The summed E-state index contributed by atoms with van der Waals surface area (Å²) in [6.45, 7) is 0. The van der Waals surface area contributed by atoms with Crippen LogP contribution in [0.1, 0.15) is 29.6 Å². The molecule has 1 aromatic carbocycles. The lowest BCUT2D eigenvalue weighted by Crippen LogP contribution is -2.43. The lowest BCUT2D eigenvalue weighted by atomic mass is 9.69. The third-order valence-electron chi connectivity index (χ3n) is 3.95. The minimum absolute atomic E-state index is 0.0898. The number of fused-ring (bicyclic) bond motifs is 1. The molecule has 1 aromatic rings. The van der Waals surface area contributed by atoms with E-state index in [1.807, 2.05) is 6.07 Å². The van der Waals surface area contributed by atoms with Gasteiger partial charge in [0, 0.05) is 10.6 Å². The topological polar surface area (TPSA) is 55.4 Å². The van der Waals surface area contributed by atoms with Gasteiger partial charge in [0.25, 0.3) is 0 Å². The van der Waals surface area contributed by atoms with Crippen LogP contribution >= 0.6 is 11.8 Å². The number of nitrogens with one attached hydrogen (secondary N) is 1. The van der Waals surface area contributed by atoms with Gasteiger partial charge in [0.1, 0.15) is 0 Å². The SMILES string of the molecule is COC(=O)c1ccc2c(c1)NC(=O)C1(CCC1)CS2. The quantitative estimate of drug-likeness (QED) is 0.802. The van der Waals surface area contributed by atoms with Gasteiger partial charge in [-0.3, -0.25) is 4.79 Å². The monoisotopic (exact) mass is 277 g/mol. The molecule has 100 valence electrons. The van der Waals surface area contributed by atoms with Gasteiger partial charge in [-0.05, 0) is 31.0 Å². The highest BCUT2D eigenvalue weighted by atomic mass is 32.2. The van der Waals surface area contributed by atoms with E-state index in [0.29, 0.717) is 5.56 Å². The largest absolute Gasteiger partial charge is 0.465 e. The molecule has 0 aromatic heterocycles. The van der Waals surface area contributed by atoms with Gasteiger partial charge in [-0.25, -0.2) is 4.79 Å². The Kier molecular flexibility index (Phi) is 3.01. The van der Waals surface area contributed by atoms with Gasteiger partial charge in [-0.1, -0.05) is 6.42 Å². The van der Waals surface area contributed by atoms with Crippen LogP contribution in [0.15, 0.2) is 23.1 Å². The normalized spacial score (nSPS) is 19.9. The van der Waals surface area contributed by atoms with E-state index in [1.54, 1.807) is 23.9 Å². The number of carbonyl (C=O) groups is 2. The maximum absolute atomic E-state index is 12.3. The molecule has 1 heterocycles. The summed E-state index contributed by atoms with van der Waals surface area (Å²) < 4.78 is 4.70. The molecule has 0 bridgehead atoms. The van der Waals surface area contributed by atoms with Crippen molar-refractivity contribution in [3.63, 3.8) is 0 Å². The summed E-state index contributed by atoms with van der Waals surface area (Å²) in [5.41, 5.74) is 0.989. The highest BCUT2D eigenvalue weighted by molar-refractivity contribution is 7.99. The number of thioether (sulfide) groups is 1. The summed E-state index contributed by atoms with van der Waals surface area (Å²) in [7, 11) is 1.35. The molecule has 1 amide bonds. The molecule has 1 spiro atoms. The molecule has 3 rings (SSSR count). The predicted molar refractivity (Wildman–Crippen MR) is 73.4 cm³/mol. The molecule has 1 N–H and O–H groups in total. The maximum atomic E-state index is 12.3. The van der Waals surface area contributed by atoms with E-state index < -0.39 is 0 Å². The smallest absolute Gasteiger partial charge is 0.337 e. The van der Waals surface area contributed by atoms with Crippen molar-refractivity contribution < 1.29 is 14.3 Å². The van der Waals surface area contributed by atoms with Gasteiger partial charge in [0.15, 0.2) is 0 Å². The molecular weight excluding hydrogens is 262 g/mol. The van der Waals surface area contributed by atoms with Crippen molar-refractivity contribution >= 4 is 29.3 Å². The Bertz CT molecular complexity index is 552. The number of methoxy groups -OCH3 is 1. The molecule has 0 saturated heterocycles. The molecule has 1 aliphatic carbocycles. The molecule has 1 saturated carbocycles. The second kappa shape index (κ2) is 4.56. The summed E-state index contributed by atoms with van der Waals surface area (Å²) in [6, 6.07) is 5.32. The third kappa shape index (κ3) is 2.02. The van der Waals surface area contributed by atoms with Crippen LogP contribution in [0.2, 0.25) is 0 Å². The Labute approximate surface area is 115 Å². The fourth-order valence-corrected chi connectivity index (χ4v) is 3.79. The van der Waals surface area contributed by atoms with Crippen LogP contribution in [-0.4, -0.2) is 24.7 Å². The van der Waals surface area contributed by atoms with Crippen LogP contribution in [0.5, 0.6) is 0 Å². The maximum Gasteiger partial charge on any atom is 0.337 e. The number of carbonyl (C=O) groups excluding carboxylic acids is 2. The molecule has 1 aliphatic heterocycles. The number of hydrogen-bond acceptors (Lipinski definition) is 4. The average Bonchev–Trinajstić information content (AvgIpc) is 2.52. The van der Waals surface area contributed by atoms with Gasteiger partial charge in [-0.2, -0.15) is 0 Å². The average molecular weight is 277 g/mol. The molecule has 4 nitrogen and oxygen atoms in total. The zero-order valence-electron chi connectivity index (χ0n) is 10.7. The summed E-state index contributed by atoms with van der Waals surface area (Å²) in [4.78, 5) is 24.8. The van der Waals surface area contributed by atoms with Gasteiger partial charge >= 0.3 is 5.97 Å². The first-order chi connectivity index (χ1) is 9.14. The Morgan fingerprint density at radius 2 is 2.21 bits per heavy atom. The zero-order chi connectivity index (χ0) is 13.5. The number of ether oxygens (including phenoxy) is 1. The molecule has 1 fully saturated rings. The van der Waals surface area contributed by atoms with E-state index in [0.717, 1.165) is 35.6 Å². The van der Waals surface area contributed by atoms with Crippen LogP contribution in [0.4, 0.5) is 5.69 Å². The second-order valence-electron chi connectivity index (χ2n) is 5.08. The van der Waals surface area contributed by atoms with E-state index in [2.05, 4.69) is 5.32 Å². The van der Waals surface area contributed by atoms with Gasteiger partial charge in [0.05, 0.1) is 23.8 Å². The Hall–Kier alpha value is -1.49. The minimum Gasteiger partial charge on any atom is -0.465 e. The lowest BCUT2D eigenvalue weighted by Gasteiger charge is -2.38. The first-order valence-electron chi connectivity index (χ1n) is 6.31. The molecular formula is C14H15NO3S. The van der Waals surface area contributed by atoms with E-state index >= 15 is 0 Å². The number of anilines is 1. The van der Waals surface area contributed by atoms with E-state index in [-0.39, 0.29) is 17.3 Å². The summed E-state index contributed by atoms with van der Waals surface area (Å²) >= 11 is 1.69. The number of rotatable bonds is 1. The molecule has 19 heavy (non-hydrogen) atoms. The first-order valence-corrected chi connectivity index (χ1v) is 7.30. The summed E-state index contributed by atoms with van der Waals surface area (Å²) in [6.07, 6.45) is 3.05. The first kappa shape index (κ1) is 12.5. The molecule has 0 unspecified atom stereocenters. The number of benzene rings is 1. The van der Waals surface area contributed by atoms with Crippen molar-refractivity contribution in [2.24, 2.45) is 5.41 Å². The fourth-order valence-electron chi connectivity index (χ4n) is 2.51. The second-order valence-corrected chi connectivity index (χ2v) is 6.10. The van der Waals surface area contributed by atoms with Crippen molar-refractivity contribution in [3.05, 3.63) is 23.8 Å². The van der Waals surface area contributed by atoms with Crippen LogP contribution in [-0.2, 0) is 9.53 Å². The third-order valence-corrected chi connectivity index (χ3v) is 5.31. The van der Waals surface area contributed by atoms with E-state index in [1.165, 1.54) is 7.11 Å². The van der Waals surface area contributed by atoms with Crippen molar-refractivity contribution in [2.45, 2.75) is 24.2 Å². The standard InChI is InChI=1S/C14H15NO3S/c1-18-12(16)9-3-4-11-10(7-9)15-13(17)14(8-19-11)5-2-6-14/h3-4,7H,2,5-6,8H2,1H3,(H,15,17). The highest BCUT2D eigenvalue weighted by Gasteiger charge is 2.45. The number of esters is 1. The van der Waals surface area contributed by atoms with Crippen molar-refractivity contribution in [2.75, 3.05) is 18.2 Å². The van der Waals surface area contributed by atoms with Crippen molar-refractivity contribution in [3.8, 4) is 0 Å². The van der Waals surface area contributed by atoms with E-state index in [4.69, 9.17) is 4.74 Å². The van der Waals surface area contributed by atoms with Crippen molar-refractivity contribution in [1.82, 2.24) is 0 Å². The fraction of sp³-hybridized carbons (Fsp3) is 0.429. The highest BCUT2D eigenvalue weighted by Crippen LogP contribution is 2.48. The van der Waals surface area contributed by atoms with Crippen LogP contribution in [0.25, 0.3) is 0 Å². The van der Waals surface area contributed by atoms with Gasteiger partial charge < -0.3 is 10.1 Å². The Balaban J connectivity index is 1.92. The van der Waals surface area contributed by atoms with E-state index in [9.17, 15) is 9.59 Å². The van der Waals surface area contributed by atoms with Crippen molar-refractivity contribution in [1.29, 1.82) is 0 Å². The van der Waals surface area contributed by atoms with Crippen LogP contribution in [0, 0.1) is 5.41 Å². The lowest BCUT2D eigenvalue weighted by molar-refractivity contribution is -0.128. The van der Waals surface area contributed by atoms with Gasteiger partial charge in [-0.15, -0.1) is 11.8 Å². The molecule has 5 heteroatoms. The Morgan fingerprint density at radius 3 is 2.84 bits per heavy atom. The summed E-state index contributed by atoms with van der Waals surface area (Å²) in [5, 5.41) is 2.97. The zero-order valence-corrected chi connectivity index (χ0v) is 11.5. The van der Waals surface area contributed by atoms with Crippen LogP contribution < -0.4 is 5.32 Å². The van der Waals surface area contributed by atoms with Gasteiger partial charge in [0.2, 0.25) is 5.91 Å². The predicted octanol–water partition coefficient (Wildman–Crippen LogP) is 2.69. The summed E-state index contributed by atoms with van der Waals surface area (Å²) in [5.74, 6) is 0.528. The molecule has 0 radical (unpaired) electrons.